The standard InChI is InChI=1S/C13H13N7O4S2/c1-25(21,22)18-10-3-5-11(6-4-10)26(23,24)19-13-16-9-17-20(13)12-14-7-2-8-15-12/h2-9,18H,1H3,(H,16,17,19). The van der Waals surface area contributed by atoms with Crippen molar-refractivity contribution in [2.24, 2.45) is 0 Å². The van der Waals surface area contributed by atoms with E-state index in [0.717, 1.165) is 17.3 Å². The Morgan fingerprint density at radius 2 is 1.58 bits per heavy atom. The van der Waals surface area contributed by atoms with Crippen molar-refractivity contribution >= 4 is 31.7 Å². The molecule has 1 aromatic carbocycles. The molecule has 0 spiro atoms. The Hall–Kier alpha value is -3.06. The van der Waals surface area contributed by atoms with Gasteiger partial charge < -0.3 is 0 Å². The second-order valence-electron chi connectivity index (χ2n) is 5.05. The molecule has 0 unspecified atom stereocenters. The number of nitrogens with one attached hydrogen (secondary N) is 2. The third-order valence-electron chi connectivity index (χ3n) is 2.98. The highest BCUT2D eigenvalue weighted by Crippen LogP contribution is 2.18. The van der Waals surface area contributed by atoms with Crippen molar-refractivity contribution in [2.75, 3.05) is 15.7 Å². The maximum absolute atomic E-state index is 12.5. The molecule has 0 atom stereocenters. The Bertz CT molecular complexity index is 1110. The van der Waals surface area contributed by atoms with Crippen molar-refractivity contribution in [3.8, 4) is 5.95 Å². The molecule has 0 saturated heterocycles. The highest BCUT2D eigenvalue weighted by atomic mass is 32.2. The first-order chi connectivity index (χ1) is 12.2. The van der Waals surface area contributed by atoms with Crippen molar-refractivity contribution in [1.29, 1.82) is 0 Å². The number of hydrogen-bond donors (Lipinski definition) is 2. The highest BCUT2D eigenvalue weighted by molar-refractivity contribution is 7.92. The molecule has 0 saturated carbocycles. The molecule has 11 nitrogen and oxygen atoms in total. The largest absolute Gasteiger partial charge is 0.284 e. The van der Waals surface area contributed by atoms with E-state index in [1.54, 1.807) is 6.07 Å². The molecule has 3 aromatic rings. The van der Waals surface area contributed by atoms with Crippen LogP contribution in [0.25, 0.3) is 5.95 Å². The van der Waals surface area contributed by atoms with Crippen molar-refractivity contribution in [3.63, 3.8) is 0 Å². The van der Waals surface area contributed by atoms with Gasteiger partial charge in [-0.15, -0.1) is 0 Å². The van der Waals surface area contributed by atoms with Crippen LogP contribution < -0.4 is 9.44 Å². The fourth-order valence-corrected chi connectivity index (χ4v) is 3.51. The lowest BCUT2D eigenvalue weighted by Gasteiger charge is -2.09. The third kappa shape index (κ3) is 4.12. The van der Waals surface area contributed by atoms with Gasteiger partial charge in [0, 0.05) is 18.1 Å². The SMILES string of the molecule is CS(=O)(=O)Nc1ccc(S(=O)(=O)Nc2ncnn2-c2ncccn2)cc1. The second-order valence-corrected chi connectivity index (χ2v) is 8.48. The lowest BCUT2D eigenvalue weighted by Crippen LogP contribution is -2.17. The smallest absolute Gasteiger partial charge is 0.264 e. The van der Waals surface area contributed by atoms with E-state index in [2.05, 4.69) is 29.5 Å². The van der Waals surface area contributed by atoms with Crippen LogP contribution in [0, 0.1) is 0 Å². The molecule has 0 aliphatic rings. The summed E-state index contributed by atoms with van der Waals surface area (Å²) in [4.78, 5) is 11.7. The first-order valence-corrected chi connectivity index (χ1v) is 10.4. The maximum atomic E-state index is 12.5. The minimum Gasteiger partial charge on any atom is -0.284 e. The minimum absolute atomic E-state index is 0.0833. The fourth-order valence-electron chi connectivity index (χ4n) is 1.95. The van der Waals surface area contributed by atoms with Crippen molar-refractivity contribution in [3.05, 3.63) is 49.1 Å². The van der Waals surface area contributed by atoms with Crippen molar-refractivity contribution in [2.45, 2.75) is 4.90 Å². The van der Waals surface area contributed by atoms with E-state index in [9.17, 15) is 16.8 Å². The molecule has 0 amide bonds. The number of benzene rings is 1. The predicted molar refractivity (Wildman–Crippen MR) is 92.7 cm³/mol. The Labute approximate surface area is 149 Å². The lowest BCUT2D eigenvalue weighted by molar-refractivity contribution is 0.600. The van der Waals surface area contributed by atoms with Crippen LogP contribution in [0.5, 0.6) is 0 Å². The zero-order chi connectivity index (χ0) is 18.8. The summed E-state index contributed by atoms with van der Waals surface area (Å²) in [5, 5.41) is 3.90. The molecule has 3 rings (SSSR count). The zero-order valence-electron chi connectivity index (χ0n) is 13.3. The molecular weight excluding hydrogens is 382 g/mol. The van der Waals surface area contributed by atoms with Crippen LogP contribution in [0.3, 0.4) is 0 Å². The van der Waals surface area contributed by atoms with Gasteiger partial charge in [0.15, 0.2) is 0 Å². The third-order valence-corrected chi connectivity index (χ3v) is 4.93. The molecule has 136 valence electrons. The van der Waals surface area contributed by atoms with Gasteiger partial charge in [0.25, 0.3) is 16.0 Å². The molecule has 0 aliphatic heterocycles. The van der Waals surface area contributed by atoms with Crippen LogP contribution in [0.15, 0.2) is 53.9 Å². The number of anilines is 2. The van der Waals surface area contributed by atoms with E-state index in [-0.39, 0.29) is 22.5 Å². The van der Waals surface area contributed by atoms with Gasteiger partial charge in [-0.3, -0.25) is 4.72 Å². The molecule has 0 bridgehead atoms. The Morgan fingerprint density at radius 1 is 0.923 bits per heavy atom. The lowest BCUT2D eigenvalue weighted by atomic mass is 10.3. The molecule has 2 aromatic heterocycles. The summed E-state index contributed by atoms with van der Waals surface area (Å²) in [6.45, 7) is 0. The van der Waals surface area contributed by atoms with Gasteiger partial charge in [-0.25, -0.2) is 31.5 Å². The second kappa shape index (κ2) is 6.68. The number of hydrogen-bond acceptors (Lipinski definition) is 8. The van der Waals surface area contributed by atoms with Crippen LogP contribution in [-0.2, 0) is 20.0 Å². The quantitative estimate of drug-likeness (QED) is 0.602. The molecule has 0 aliphatic carbocycles. The van der Waals surface area contributed by atoms with Gasteiger partial charge >= 0.3 is 0 Å². The number of sulfonamides is 2. The monoisotopic (exact) mass is 395 g/mol. The van der Waals surface area contributed by atoms with Crippen LogP contribution >= 0.6 is 0 Å². The summed E-state index contributed by atoms with van der Waals surface area (Å²) >= 11 is 0. The average Bonchev–Trinajstić information content (AvgIpc) is 3.02. The number of aromatic nitrogens is 5. The zero-order valence-corrected chi connectivity index (χ0v) is 14.9. The van der Waals surface area contributed by atoms with Crippen LogP contribution in [-0.4, -0.2) is 47.8 Å². The minimum atomic E-state index is -3.98. The fraction of sp³-hybridized carbons (Fsp3) is 0.0769. The van der Waals surface area contributed by atoms with Crippen LogP contribution in [0.2, 0.25) is 0 Å². The summed E-state index contributed by atoms with van der Waals surface area (Å²) < 4.78 is 53.1. The highest BCUT2D eigenvalue weighted by Gasteiger charge is 2.19. The molecule has 13 heteroatoms. The van der Waals surface area contributed by atoms with Gasteiger partial charge in [-0.05, 0) is 30.3 Å². The van der Waals surface area contributed by atoms with E-state index in [0.29, 0.717) is 0 Å². The van der Waals surface area contributed by atoms with Gasteiger partial charge in [0.2, 0.25) is 16.0 Å². The van der Waals surface area contributed by atoms with E-state index >= 15 is 0 Å². The Morgan fingerprint density at radius 3 is 2.19 bits per heavy atom. The van der Waals surface area contributed by atoms with Gasteiger partial charge in [-0.1, -0.05) is 0 Å². The maximum Gasteiger partial charge on any atom is 0.264 e. The van der Waals surface area contributed by atoms with Gasteiger partial charge in [0.1, 0.15) is 6.33 Å². The van der Waals surface area contributed by atoms with Crippen molar-refractivity contribution < 1.29 is 16.8 Å². The van der Waals surface area contributed by atoms with E-state index < -0.39 is 20.0 Å². The first-order valence-electron chi connectivity index (χ1n) is 7.03. The summed E-state index contributed by atoms with van der Waals surface area (Å²) in [6.07, 6.45) is 5.12. The van der Waals surface area contributed by atoms with E-state index in [1.165, 1.54) is 36.7 Å². The molecule has 2 N–H and O–H groups in total. The van der Waals surface area contributed by atoms with Crippen LogP contribution in [0.1, 0.15) is 0 Å². The van der Waals surface area contributed by atoms with Gasteiger partial charge in [0.05, 0.1) is 11.2 Å². The van der Waals surface area contributed by atoms with Crippen molar-refractivity contribution in [1.82, 2.24) is 24.7 Å². The Kier molecular flexibility index (Phi) is 4.56. The summed E-state index contributed by atoms with van der Waals surface area (Å²) in [6, 6.07) is 6.79. The molecule has 0 fully saturated rings. The summed E-state index contributed by atoms with van der Waals surface area (Å²) in [7, 11) is -7.43. The molecular formula is C13H13N7O4S2. The average molecular weight is 395 g/mol. The van der Waals surface area contributed by atoms with E-state index in [4.69, 9.17) is 0 Å². The topological polar surface area (TPSA) is 149 Å². The predicted octanol–water partition coefficient (Wildman–Crippen LogP) is 0.230. The summed E-state index contributed by atoms with van der Waals surface area (Å²) in [5.74, 6) is 0.0601. The Balaban J connectivity index is 1.85. The summed E-state index contributed by atoms with van der Waals surface area (Å²) in [5.41, 5.74) is 0.243. The first kappa shape index (κ1) is 17.8. The normalized spacial score (nSPS) is 11.9. The number of rotatable bonds is 6. The van der Waals surface area contributed by atoms with E-state index in [1.807, 2.05) is 0 Å². The number of nitrogens with zero attached hydrogens (tertiary/aromatic N) is 5. The van der Waals surface area contributed by atoms with Gasteiger partial charge in [-0.2, -0.15) is 14.8 Å². The van der Waals surface area contributed by atoms with Crippen LogP contribution in [0.4, 0.5) is 11.6 Å². The molecule has 0 radical (unpaired) electrons. The molecule has 26 heavy (non-hydrogen) atoms. The molecule has 2 heterocycles.